The van der Waals surface area contributed by atoms with Gasteiger partial charge in [0.2, 0.25) is 0 Å². The Morgan fingerprint density at radius 1 is 1.27 bits per heavy atom. The molecule has 0 aliphatic rings. The van der Waals surface area contributed by atoms with E-state index in [-0.39, 0.29) is 0 Å². The monoisotopic (exact) mass is 309 g/mol. The molecule has 0 bridgehead atoms. The average molecular weight is 309 g/mol. The van der Waals surface area contributed by atoms with Crippen LogP contribution in [-0.4, -0.2) is 36.9 Å². The van der Waals surface area contributed by atoms with Gasteiger partial charge in [-0.25, -0.2) is 4.79 Å². The van der Waals surface area contributed by atoms with Crippen LogP contribution >= 0.6 is 0 Å². The summed E-state index contributed by atoms with van der Waals surface area (Å²) >= 11 is 0. The van der Waals surface area contributed by atoms with Crippen LogP contribution in [0.25, 0.3) is 0 Å². The zero-order chi connectivity index (χ0) is 17.2. The SMILES string of the molecule is C=C/C(=C\C=C(/C)CCC)N(CCOC)C(=O)OC(C)(C)C. The highest BCUT2D eigenvalue weighted by molar-refractivity contribution is 5.71. The Morgan fingerprint density at radius 3 is 2.36 bits per heavy atom. The van der Waals surface area contributed by atoms with Gasteiger partial charge in [-0.05, 0) is 46.3 Å². The molecule has 22 heavy (non-hydrogen) atoms. The van der Waals surface area contributed by atoms with Crippen LogP contribution < -0.4 is 0 Å². The number of hydrogen-bond acceptors (Lipinski definition) is 3. The molecule has 0 heterocycles. The molecule has 4 heteroatoms. The molecule has 0 aliphatic heterocycles. The topological polar surface area (TPSA) is 38.8 Å². The summed E-state index contributed by atoms with van der Waals surface area (Å²) in [5.74, 6) is 0. The molecule has 1 amide bonds. The second-order valence-electron chi connectivity index (χ2n) is 6.18. The van der Waals surface area contributed by atoms with E-state index in [2.05, 4.69) is 20.4 Å². The van der Waals surface area contributed by atoms with Crippen LogP contribution in [-0.2, 0) is 9.47 Å². The van der Waals surface area contributed by atoms with E-state index in [1.54, 1.807) is 18.1 Å². The van der Waals surface area contributed by atoms with Gasteiger partial charge in [0, 0.05) is 12.8 Å². The Kier molecular flexibility index (Phi) is 9.50. The molecule has 0 saturated carbocycles. The molecular weight excluding hydrogens is 278 g/mol. The van der Waals surface area contributed by atoms with Crippen molar-refractivity contribution in [2.24, 2.45) is 0 Å². The summed E-state index contributed by atoms with van der Waals surface area (Å²) in [5, 5.41) is 0. The molecule has 0 aliphatic carbocycles. The van der Waals surface area contributed by atoms with Crippen molar-refractivity contribution < 1.29 is 14.3 Å². The van der Waals surface area contributed by atoms with Crippen molar-refractivity contribution in [3.63, 3.8) is 0 Å². The number of nitrogens with zero attached hydrogens (tertiary/aromatic N) is 1. The van der Waals surface area contributed by atoms with Crippen molar-refractivity contribution in [2.75, 3.05) is 20.3 Å². The zero-order valence-electron chi connectivity index (χ0n) is 14.9. The fraction of sp³-hybridized carbons (Fsp3) is 0.611. The lowest BCUT2D eigenvalue weighted by molar-refractivity contribution is 0.0280. The van der Waals surface area contributed by atoms with Crippen LogP contribution in [0.5, 0.6) is 0 Å². The van der Waals surface area contributed by atoms with E-state index >= 15 is 0 Å². The standard InChI is InChI=1S/C18H31NO3/c1-8-10-15(3)11-12-16(9-2)19(13-14-21-7)17(20)22-18(4,5)6/h9,11-12H,2,8,10,13-14H2,1,3-7H3/b15-11+,16-12+. The van der Waals surface area contributed by atoms with Gasteiger partial charge in [-0.2, -0.15) is 0 Å². The fourth-order valence-corrected chi connectivity index (χ4v) is 1.80. The number of hydrogen-bond donors (Lipinski definition) is 0. The van der Waals surface area contributed by atoms with Crippen LogP contribution in [0.3, 0.4) is 0 Å². The molecular formula is C18H31NO3. The number of carbonyl (C=O) groups is 1. The van der Waals surface area contributed by atoms with E-state index in [1.165, 1.54) is 5.57 Å². The van der Waals surface area contributed by atoms with E-state index in [9.17, 15) is 4.79 Å². The van der Waals surface area contributed by atoms with Gasteiger partial charge in [-0.3, -0.25) is 4.90 Å². The molecule has 0 aromatic rings. The van der Waals surface area contributed by atoms with Crippen molar-refractivity contribution in [3.8, 4) is 0 Å². The summed E-state index contributed by atoms with van der Waals surface area (Å²) in [4.78, 5) is 13.9. The Balaban J connectivity index is 5.26. The average Bonchev–Trinajstić information content (AvgIpc) is 2.40. The molecule has 0 spiro atoms. The molecule has 0 saturated heterocycles. The Morgan fingerprint density at radius 2 is 1.91 bits per heavy atom. The maximum Gasteiger partial charge on any atom is 0.414 e. The number of amides is 1. The number of rotatable bonds is 8. The summed E-state index contributed by atoms with van der Waals surface area (Å²) in [6.07, 6.45) is 7.32. The lowest BCUT2D eigenvalue weighted by Crippen LogP contribution is -2.37. The number of methoxy groups -OCH3 is 1. The van der Waals surface area contributed by atoms with Gasteiger partial charge >= 0.3 is 6.09 Å². The maximum atomic E-state index is 12.4. The van der Waals surface area contributed by atoms with E-state index in [0.717, 1.165) is 12.8 Å². The summed E-state index contributed by atoms with van der Waals surface area (Å²) < 4.78 is 10.5. The largest absolute Gasteiger partial charge is 0.443 e. The lowest BCUT2D eigenvalue weighted by atomic mass is 10.1. The predicted molar refractivity (Wildman–Crippen MR) is 91.8 cm³/mol. The van der Waals surface area contributed by atoms with Crippen molar-refractivity contribution in [3.05, 3.63) is 36.1 Å². The van der Waals surface area contributed by atoms with Crippen molar-refractivity contribution in [1.29, 1.82) is 0 Å². The third kappa shape index (κ3) is 8.67. The molecule has 4 nitrogen and oxygen atoms in total. The van der Waals surface area contributed by atoms with E-state index in [0.29, 0.717) is 18.8 Å². The number of allylic oxidation sites excluding steroid dienone is 4. The second kappa shape index (κ2) is 10.2. The molecule has 0 radical (unpaired) electrons. The second-order valence-corrected chi connectivity index (χ2v) is 6.18. The molecule has 0 unspecified atom stereocenters. The van der Waals surface area contributed by atoms with Gasteiger partial charge in [0.15, 0.2) is 0 Å². The van der Waals surface area contributed by atoms with E-state index < -0.39 is 11.7 Å². The van der Waals surface area contributed by atoms with Gasteiger partial charge in [0.05, 0.1) is 13.2 Å². The highest BCUT2D eigenvalue weighted by Crippen LogP contribution is 2.15. The highest BCUT2D eigenvalue weighted by atomic mass is 16.6. The van der Waals surface area contributed by atoms with Crippen molar-refractivity contribution >= 4 is 6.09 Å². The fourth-order valence-electron chi connectivity index (χ4n) is 1.80. The van der Waals surface area contributed by atoms with Gasteiger partial charge in [0.1, 0.15) is 5.60 Å². The molecule has 0 atom stereocenters. The molecule has 0 N–H and O–H groups in total. The Hall–Kier alpha value is -1.55. The van der Waals surface area contributed by atoms with Gasteiger partial charge < -0.3 is 9.47 Å². The van der Waals surface area contributed by atoms with Gasteiger partial charge in [-0.15, -0.1) is 0 Å². The van der Waals surface area contributed by atoms with Crippen LogP contribution in [0, 0.1) is 0 Å². The smallest absolute Gasteiger partial charge is 0.414 e. The minimum Gasteiger partial charge on any atom is -0.443 e. The highest BCUT2D eigenvalue weighted by Gasteiger charge is 2.23. The lowest BCUT2D eigenvalue weighted by Gasteiger charge is -2.27. The van der Waals surface area contributed by atoms with Crippen LogP contribution in [0.4, 0.5) is 4.79 Å². The summed E-state index contributed by atoms with van der Waals surface area (Å²) in [6.45, 7) is 14.4. The molecule has 126 valence electrons. The van der Waals surface area contributed by atoms with Crippen LogP contribution in [0.2, 0.25) is 0 Å². The molecule has 0 aromatic heterocycles. The maximum absolute atomic E-state index is 12.4. The third-order valence-electron chi connectivity index (χ3n) is 2.84. The van der Waals surface area contributed by atoms with Crippen LogP contribution in [0.1, 0.15) is 47.5 Å². The molecule has 0 rings (SSSR count). The minimum atomic E-state index is -0.539. The van der Waals surface area contributed by atoms with Crippen molar-refractivity contribution in [2.45, 2.75) is 53.1 Å². The Labute approximate surface area is 135 Å². The first-order valence-electron chi connectivity index (χ1n) is 7.74. The first kappa shape index (κ1) is 20.5. The normalized spacial score (nSPS) is 13.0. The third-order valence-corrected chi connectivity index (χ3v) is 2.84. The first-order valence-corrected chi connectivity index (χ1v) is 7.74. The predicted octanol–water partition coefficient (Wildman–Crippen LogP) is 4.69. The summed E-state index contributed by atoms with van der Waals surface area (Å²) in [6, 6.07) is 0. The van der Waals surface area contributed by atoms with Crippen LogP contribution in [0.15, 0.2) is 36.1 Å². The number of ether oxygens (including phenoxy) is 2. The number of carbonyl (C=O) groups excluding carboxylic acids is 1. The van der Waals surface area contributed by atoms with E-state index in [1.807, 2.05) is 32.9 Å². The minimum absolute atomic E-state index is 0.391. The molecule has 0 fully saturated rings. The van der Waals surface area contributed by atoms with Crippen molar-refractivity contribution in [1.82, 2.24) is 4.90 Å². The zero-order valence-corrected chi connectivity index (χ0v) is 14.9. The molecule has 0 aromatic carbocycles. The van der Waals surface area contributed by atoms with E-state index in [4.69, 9.17) is 9.47 Å². The first-order chi connectivity index (χ1) is 10.2. The van der Waals surface area contributed by atoms with Gasteiger partial charge in [-0.1, -0.05) is 31.6 Å². The Bertz CT molecular complexity index is 417. The summed E-state index contributed by atoms with van der Waals surface area (Å²) in [7, 11) is 1.61. The quantitative estimate of drug-likeness (QED) is 0.611. The summed E-state index contributed by atoms with van der Waals surface area (Å²) in [5.41, 5.74) is 1.43. The van der Waals surface area contributed by atoms with Gasteiger partial charge in [0.25, 0.3) is 0 Å².